The van der Waals surface area contributed by atoms with Crippen LogP contribution in [-0.4, -0.2) is 41.3 Å². The molecule has 3 aromatic rings. The Morgan fingerprint density at radius 3 is 2.86 bits per heavy atom. The molecule has 2 aromatic carbocycles. The van der Waals surface area contributed by atoms with Gasteiger partial charge in [-0.1, -0.05) is 24.3 Å². The zero-order valence-corrected chi connectivity index (χ0v) is 17.8. The number of para-hydroxylation sites is 1. The largest absolute Gasteiger partial charge is 0.377 e. The van der Waals surface area contributed by atoms with E-state index in [9.17, 15) is 4.79 Å². The first kappa shape index (κ1) is 19.4. The van der Waals surface area contributed by atoms with Gasteiger partial charge in [-0.25, -0.2) is 4.98 Å². The Morgan fingerprint density at radius 1 is 1.29 bits per heavy atom. The average molecular weight is 413 g/mol. The van der Waals surface area contributed by atoms with Crippen molar-refractivity contribution >= 4 is 39.2 Å². The van der Waals surface area contributed by atoms with Crippen molar-refractivity contribution in [2.75, 3.05) is 19.4 Å². The number of amides is 1. The third-order valence-electron chi connectivity index (χ3n) is 5.14. The van der Waals surface area contributed by atoms with Crippen LogP contribution in [0.1, 0.15) is 41.2 Å². The van der Waals surface area contributed by atoms with Crippen LogP contribution in [0.3, 0.4) is 0 Å². The van der Waals surface area contributed by atoms with Gasteiger partial charge in [0.2, 0.25) is 0 Å². The van der Waals surface area contributed by atoms with Crippen molar-refractivity contribution in [3.63, 3.8) is 0 Å². The van der Waals surface area contributed by atoms with Gasteiger partial charge in [-0.3, -0.25) is 4.79 Å². The molecule has 0 saturated carbocycles. The van der Waals surface area contributed by atoms with Crippen LogP contribution in [0.4, 0.5) is 0 Å². The predicted molar refractivity (Wildman–Crippen MR) is 116 cm³/mol. The number of thioether (sulfide) groups is 1. The average Bonchev–Trinajstić information content (AvgIpc) is 3.40. The summed E-state index contributed by atoms with van der Waals surface area (Å²) in [6.45, 7) is 2.89. The zero-order valence-electron chi connectivity index (χ0n) is 16.1. The van der Waals surface area contributed by atoms with Crippen LogP contribution < -0.4 is 0 Å². The number of ether oxygens (including phenoxy) is 1. The quantitative estimate of drug-likeness (QED) is 0.508. The van der Waals surface area contributed by atoms with Gasteiger partial charge in [0.1, 0.15) is 5.01 Å². The summed E-state index contributed by atoms with van der Waals surface area (Å²) >= 11 is 3.37. The highest BCUT2D eigenvalue weighted by Crippen LogP contribution is 2.32. The van der Waals surface area contributed by atoms with Gasteiger partial charge >= 0.3 is 0 Å². The van der Waals surface area contributed by atoms with E-state index in [0.717, 1.165) is 50.9 Å². The molecule has 2 atom stereocenters. The molecule has 1 saturated heterocycles. The van der Waals surface area contributed by atoms with Crippen molar-refractivity contribution in [3.8, 4) is 0 Å². The SMILES string of the molecule is CC(c1nc2ccccc2s1)N(C)C(=O)c1ccccc1SCC1CCCO1. The Kier molecular flexibility index (Phi) is 5.99. The van der Waals surface area contributed by atoms with Crippen LogP contribution in [0.25, 0.3) is 10.2 Å². The van der Waals surface area contributed by atoms with Crippen LogP contribution in [0, 0.1) is 0 Å². The summed E-state index contributed by atoms with van der Waals surface area (Å²) in [5.74, 6) is 0.920. The van der Waals surface area contributed by atoms with E-state index in [-0.39, 0.29) is 11.9 Å². The molecule has 4 rings (SSSR count). The highest BCUT2D eigenvalue weighted by Gasteiger charge is 2.24. The third kappa shape index (κ3) is 4.09. The molecule has 1 aromatic heterocycles. The first-order valence-electron chi connectivity index (χ1n) is 9.59. The van der Waals surface area contributed by atoms with Gasteiger partial charge < -0.3 is 9.64 Å². The van der Waals surface area contributed by atoms with Crippen LogP contribution in [0.2, 0.25) is 0 Å². The number of thiazole rings is 1. The standard InChI is InChI=1S/C22H24N2O2S2/c1-15(21-23-18-10-4-6-12-20(18)28-21)24(2)22(25)17-9-3-5-11-19(17)27-14-16-8-7-13-26-16/h3-6,9-12,15-16H,7-8,13-14H2,1-2H3. The molecule has 1 amide bonds. The number of fused-ring (bicyclic) bond motifs is 1. The number of aromatic nitrogens is 1. The summed E-state index contributed by atoms with van der Waals surface area (Å²) in [6, 6.07) is 15.9. The van der Waals surface area contributed by atoms with E-state index in [1.54, 1.807) is 28.0 Å². The maximum Gasteiger partial charge on any atom is 0.255 e. The second-order valence-corrected chi connectivity index (χ2v) is 9.18. The molecule has 146 valence electrons. The Balaban J connectivity index is 1.51. The lowest BCUT2D eigenvalue weighted by atomic mass is 10.2. The monoisotopic (exact) mass is 412 g/mol. The fourth-order valence-corrected chi connectivity index (χ4v) is 5.50. The maximum atomic E-state index is 13.2. The third-order valence-corrected chi connectivity index (χ3v) is 7.55. The molecule has 1 aliphatic rings. The van der Waals surface area contributed by atoms with Gasteiger partial charge in [-0.2, -0.15) is 0 Å². The van der Waals surface area contributed by atoms with Crippen molar-refractivity contribution in [3.05, 3.63) is 59.1 Å². The molecule has 2 heterocycles. The summed E-state index contributed by atoms with van der Waals surface area (Å²) < 4.78 is 6.87. The lowest BCUT2D eigenvalue weighted by Crippen LogP contribution is -2.30. The normalized spacial score (nSPS) is 17.7. The Hall–Kier alpha value is -1.89. The molecular formula is C22H24N2O2S2. The molecule has 4 nitrogen and oxygen atoms in total. The summed E-state index contributed by atoms with van der Waals surface area (Å²) in [6.07, 6.45) is 2.54. The maximum absolute atomic E-state index is 13.2. The van der Waals surface area contributed by atoms with E-state index in [1.165, 1.54) is 0 Å². The van der Waals surface area contributed by atoms with Crippen LogP contribution >= 0.6 is 23.1 Å². The Bertz CT molecular complexity index is 933. The lowest BCUT2D eigenvalue weighted by Gasteiger charge is -2.24. The molecule has 0 spiro atoms. The van der Waals surface area contributed by atoms with Gasteiger partial charge in [-0.15, -0.1) is 23.1 Å². The summed E-state index contributed by atoms with van der Waals surface area (Å²) in [5, 5.41) is 0.960. The minimum absolute atomic E-state index is 0.0298. The minimum Gasteiger partial charge on any atom is -0.377 e. The van der Waals surface area contributed by atoms with Crippen molar-refractivity contribution in [1.82, 2.24) is 9.88 Å². The van der Waals surface area contributed by atoms with E-state index in [0.29, 0.717) is 6.10 Å². The molecule has 0 bridgehead atoms. The van der Waals surface area contributed by atoms with E-state index in [1.807, 2.05) is 56.4 Å². The second kappa shape index (κ2) is 8.64. The first-order chi connectivity index (χ1) is 13.6. The Morgan fingerprint density at radius 2 is 2.07 bits per heavy atom. The molecular weight excluding hydrogens is 388 g/mol. The minimum atomic E-state index is -0.0823. The smallest absolute Gasteiger partial charge is 0.255 e. The van der Waals surface area contributed by atoms with Crippen molar-refractivity contribution in [1.29, 1.82) is 0 Å². The molecule has 1 fully saturated rings. The number of nitrogens with zero attached hydrogens (tertiary/aromatic N) is 2. The topological polar surface area (TPSA) is 42.4 Å². The molecule has 1 aliphatic heterocycles. The van der Waals surface area contributed by atoms with Crippen molar-refractivity contribution in [2.24, 2.45) is 0 Å². The van der Waals surface area contributed by atoms with Crippen molar-refractivity contribution < 1.29 is 9.53 Å². The van der Waals surface area contributed by atoms with E-state index >= 15 is 0 Å². The number of rotatable bonds is 6. The molecule has 0 radical (unpaired) electrons. The zero-order chi connectivity index (χ0) is 19.5. The van der Waals surface area contributed by atoms with Crippen LogP contribution in [0.15, 0.2) is 53.4 Å². The van der Waals surface area contributed by atoms with Gasteiger partial charge in [-0.05, 0) is 44.0 Å². The number of carbonyl (C=O) groups is 1. The molecule has 6 heteroatoms. The highest BCUT2D eigenvalue weighted by molar-refractivity contribution is 7.99. The van der Waals surface area contributed by atoms with Gasteiger partial charge in [0.05, 0.1) is 27.9 Å². The summed E-state index contributed by atoms with van der Waals surface area (Å²) in [5.41, 5.74) is 1.74. The molecule has 0 N–H and O–H groups in total. The molecule has 0 aliphatic carbocycles. The summed E-state index contributed by atoms with van der Waals surface area (Å²) in [7, 11) is 1.86. The number of carbonyl (C=O) groups excluding carboxylic acids is 1. The number of hydrogen-bond acceptors (Lipinski definition) is 5. The first-order valence-corrected chi connectivity index (χ1v) is 11.4. The van der Waals surface area contributed by atoms with Crippen LogP contribution in [-0.2, 0) is 4.74 Å². The number of hydrogen-bond donors (Lipinski definition) is 0. The van der Waals surface area contributed by atoms with Crippen molar-refractivity contribution in [2.45, 2.75) is 36.8 Å². The molecule has 28 heavy (non-hydrogen) atoms. The molecule has 2 unspecified atom stereocenters. The fourth-order valence-electron chi connectivity index (χ4n) is 3.33. The Labute approximate surface area is 173 Å². The van der Waals surface area contributed by atoms with Gasteiger partial charge in [0.25, 0.3) is 5.91 Å². The van der Waals surface area contributed by atoms with Crippen LogP contribution in [0.5, 0.6) is 0 Å². The lowest BCUT2D eigenvalue weighted by molar-refractivity contribution is 0.0739. The van der Waals surface area contributed by atoms with Gasteiger partial charge in [0.15, 0.2) is 0 Å². The van der Waals surface area contributed by atoms with E-state index in [2.05, 4.69) is 6.07 Å². The predicted octanol–water partition coefficient (Wildman–Crippen LogP) is 5.40. The highest BCUT2D eigenvalue weighted by atomic mass is 32.2. The fraction of sp³-hybridized carbons (Fsp3) is 0.364. The summed E-state index contributed by atoms with van der Waals surface area (Å²) in [4.78, 5) is 20.8. The van der Waals surface area contributed by atoms with Gasteiger partial charge in [0, 0.05) is 24.3 Å². The number of benzene rings is 2. The second-order valence-electron chi connectivity index (χ2n) is 7.05. The van der Waals surface area contributed by atoms with E-state index in [4.69, 9.17) is 9.72 Å². The van der Waals surface area contributed by atoms with E-state index < -0.39 is 0 Å².